The van der Waals surface area contributed by atoms with Crippen LogP contribution >= 0.6 is 23.2 Å². The lowest BCUT2D eigenvalue weighted by atomic mass is 9.94. The van der Waals surface area contributed by atoms with Gasteiger partial charge in [-0.25, -0.2) is 4.98 Å². The Kier molecular flexibility index (Phi) is 4.38. The van der Waals surface area contributed by atoms with E-state index in [1.807, 2.05) is 11.2 Å². The predicted molar refractivity (Wildman–Crippen MR) is 96.2 cm³/mol. The Labute approximate surface area is 156 Å². The monoisotopic (exact) mass is 379 g/mol. The zero-order chi connectivity index (χ0) is 17.6. The van der Waals surface area contributed by atoms with Crippen LogP contribution < -0.4 is 0 Å². The van der Waals surface area contributed by atoms with Crippen LogP contribution in [-0.4, -0.2) is 38.1 Å². The topological polar surface area (TPSA) is 58.4 Å². The molecule has 2 aromatic rings. The van der Waals surface area contributed by atoms with Gasteiger partial charge in [0.05, 0.1) is 28.6 Å². The SMILES string of the molecule is O=C1CCCN1C1CCc2ncn(Cc3c(Cl)cc(O)cc3Cl)c2C1. The second kappa shape index (κ2) is 6.54. The number of aromatic hydroxyl groups is 1. The molecular weight excluding hydrogens is 361 g/mol. The Bertz CT molecular complexity index is 811. The van der Waals surface area contributed by atoms with Crippen LogP contribution in [0.1, 0.15) is 36.2 Å². The van der Waals surface area contributed by atoms with Crippen LogP contribution in [0.2, 0.25) is 10.0 Å². The number of carbonyl (C=O) groups excluding carboxylic acids is 1. The third-order valence-corrected chi connectivity index (χ3v) is 5.86. The first-order valence-corrected chi connectivity index (χ1v) is 9.27. The van der Waals surface area contributed by atoms with E-state index in [1.165, 1.54) is 12.1 Å². The summed E-state index contributed by atoms with van der Waals surface area (Å²) in [4.78, 5) is 18.6. The van der Waals surface area contributed by atoms with E-state index >= 15 is 0 Å². The van der Waals surface area contributed by atoms with Crippen molar-refractivity contribution in [2.45, 2.75) is 44.7 Å². The van der Waals surface area contributed by atoms with E-state index in [1.54, 1.807) is 0 Å². The summed E-state index contributed by atoms with van der Waals surface area (Å²) in [5.41, 5.74) is 3.01. The van der Waals surface area contributed by atoms with Gasteiger partial charge >= 0.3 is 0 Å². The van der Waals surface area contributed by atoms with Gasteiger partial charge in [-0.2, -0.15) is 0 Å². The third kappa shape index (κ3) is 3.11. The van der Waals surface area contributed by atoms with Gasteiger partial charge in [0.15, 0.2) is 0 Å². The number of imidazole rings is 1. The van der Waals surface area contributed by atoms with E-state index in [9.17, 15) is 9.90 Å². The zero-order valence-electron chi connectivity index (χ0n) is 13.7. The number of halogens is 2. The molecule has 1 aromatic carbocycles. The average Bonchev–Trinajstić information content (AvgIpc) is 3.16. The molecule has 4 rings (SSSR count). The number of likely N-dealkylation sites (tertiary alicyclic amines) is 1. The van der Waals surface area contributed by atoms with Crippen molar-refractivity contribution < 1.29 is 9.90 Å². The van der Waals surface area contributed by atoms with Crippen molar-refractivity contribution >= 4 is 29.1 Å². The zero-order valence-corrected chi connectivity index (χ0v) is 15.2. The van der Waals surface area contributed by atoms with Crippen molar-refractivity contribution in [3.05, 3.63) is 45.5 Å². The molecule has 2 aliphatic rings. The first kappa shape index (κ1) is 16.7. The number of carbonyl (C=O) groups is 1. The van der Waals surface area contributed by atoms with Crippen molar-refractivity contribution in [3.8, 4) is 5.75 Å². The summed E-state index contributed by atoms with van der Waals surface area (Å²) in [5, 5.41) is 10.5. The van der Waals surface area contributed by atoms with E-state index in [2.05, 4.69) is 9.55 Å². The smallest absolute Gasteiger partial charge is 0.222 e. The number of fused-ring (bicyclic) bond motifs is 1. The highest BCUT2D eigenvalue weighted by molar-refractivity contribution is 6.36. The maximum Gasteiger partial charge on any atom is 0.222 e. The lowest BCUT2D eigenvalue weighted by Gasteiger charge is -2.31. The van der Waals surface area contributed by atoms with E-state index in [4.69, 9.17) is 23.2 Å². The average molecular weight is 380 g/mol. The highest BCUT2D eigenvalue weighted by Crippen LogP contribution is 2.32. The molecular formula is C18H19Cl2N3O2. The van der Waals surface area contributed by atoms with Crippen LogP contribution in [-0.2, 0) is 24.2 Å². The van der Waals surface area contributed by atoms with Crippen LogP contribution in [0.25, 0.3) is 0 Å². The fourth-order valence-electron chi connectivity index (χ4n) is 3.89. The fourth-order valence-corrected chi connectivity index (χ4v) is 4.49. The van der Waals surface area contributed by atoms with Gasteiger partial charge in [0.25, 0.3) is 0 Å². The summed E-state index contributed by atoms with van der Waals surface area (Å²) >= 11 is 12.5. The summed E-state index contributed by atoms with van der Waals surface area (Å²) < 4.78 is 2.06. The quantitative estimate of drug-likeness (QED) is 0.888. The number of benzene rings is 1. The van der Waals surface area contributed by atoms with Gasteiger partial charge in [-0.1, -0.05) is 23.2 Å². The van der Waals surface area contributed by atoms with E-state index < -0.39 is 0 Å². The summed E-state index contributed by atoms with van der Waals surface area (Å²) in [7, 11) is 0. The Morgan fingerprint density at radius 3 is 2.68 bits per heavy atom. The number of aromatic nitrogens is 2. The minimum atomic E-state index is 0.0546. The van der Waals surface area contributed by atoms with Gasteiger partial charge in [-0.15, -0.1) is 0 Å². The number of nitrogens with zero attached hydrogens (tertiary/aromatic N) is 3. The molecule has 132 valence electrons. The number of phenols is 1. The van der Waals surface area contributed by atoms with Gasteiger partial charge in [0.1, 0.15) is 5.75 Å². The molecule has 7 heteroatoms. The number of hydrogen-bond acceptors (Lipinski definition) is 3. The molecule has 1 unspecified atom stereocenters. The summed E-state index contributed by atoms with van der Waals surface area (Å²) in [5.74, 6) is 0.322. The lowest BCUT2D eigenvalue weighted by molar-refractivity contribution is -0.129. The molecule has 1 fully saturated rings. The largest absolute Gasteiger partial charge is 0.508 e. The molecule has 0 bridgehead atoms. The predicted octanol–water partition coefficient (Wildman–Crippen LogP) is 3.42. The van der Waals surface area contributed by atoms with E-state index in [-0.39, 0.29) is 17.7 Å². The molecule has 1 amide bonds. The van der Waals surface area contributed by atoms with Crippen molar-refractivity contribution in [2.75, 3.05) is 6.54 Å². The van der Waals surface area contributed by atoms with E-state index in [0.29, 0.717) is 23.0 Å². The highest BCUT2D eigenvalue weighted by Gasteiger charge is 2.32. The second-order valence-electron chi connectivity index (χ2n) is 6.74. The Morgan fingerprint density at radius 1 is 1.24 bits per heavy atom. The molecule has 1 saturated heterocycles. The van der Waals surface area contributed by atoms with Crippen molar-refractivity contribution in [1.29, 1.82) is 0 Å². The van der Waals surface area contributed by atoms with Gasteiger partial charge in [-0.3, -0.25) is 4.79 Å². The molecule has 25 heavy (non-hydrogen) atoms. The third-order valence-electron chi connectivity index (χ3n) is 5.18. The van der Waals surface area contributed by atoms with Crippen LogP contribution in [0.15, 0.2) is 18.5 Å². The van der Waals surface area contributed by atoms with E-state index in [0.717, 1.165) is 49.2 Å². The molecule has 1 aromatic heterocycles. The summed E-state index contributed by atoms with van der Waals surface area (Å²) in [6.07, 6.45) is 6.11. The Hall–Kier alpha value is -1.72. The molecule has 5 nitrogen and oxygen atoms in total. The van der Waals surface area contributed by atoms with Gasteiger partial charge in [-0.05, 0) is 31.4 Å². The molecule has 0 saturated carbocycles. The van der Waals surface area contributed by atoms with Crippen LogP contribution in [0.5, 0.6) is 5.75 Å². The number of phenolic OH excluding ortho intramolecular Hbond substituents is 1. The highest BCUT2D eigenvalue weighted by atomic mass is 35.5. The normalized spacial score (nSPS) is 20.2. The van der Waals surface area contributed by atoms with Gasteiger partial charge in [0, 0.05) is 36.7 Å². The van der Waals surface area contributed by atoms with Crippen LogP contribution in [0.4, 0.5) is 0 Å². The lowest BCUT2D eigenvalue weighted by Crippen LogP contribution is -2.40. The first-order valence-electron chi connectivity index (χ1n) is 8.52. The molecule has 1 aliphatic carbocycles. The van der Waals surface area contributed by atoms with Crippen LogP contribution in [0, 0.1) is 0 Å². The maximum atomic E-state index is 12.1. The van der Waals surface area contributed by atoms with Crippen LogP contribution in [0.3, 0.4) is 0 Å². The summed E-state index contributed by atoms with van der Waals surface area (Å²) in [6.45, 7) is 1.36. The van der Waals surface area contributed by atoms with Gasteiger partial charge < -0.3 is 14.6 Å². The number of hydrogen-bond donors (Lipinski definition) is 1. The molecule has 1 atom stereocenters. The molecule has 0 radical (unpaired) electrons. The Morgan fingerprint density at radius 2 is 2.00 bits per heavy atom. The molecule has 2 heterocycles. The number of aryl methyl sites for hydroxylation is 1. The van der Waals surface area contributed by atoms with Crippen molar-refractivity contribution in [1.82, 2.24) is 14.5 Å². The molecule has 0 spiro atoms. The van der Waals surface area contributed by atoms with Crippen molar-refractivity contribution in [2.24, 2.45) is 0 Å². The molecule has 1 aliphatic heterocycles. The number of rotatable bonds is 3. The first-order chi connectivity index (χ1) is 12.0. The fraction of sp³-hybridized carbons (Fsp3) is 0.444. The Balaban J connectivity index is 1.60. The maximum absolute atomic E-state index is 12.1. The minimum absolute atomic E-state index is 0.0546. The van der Waals surface area contributed by atoms with Gasteiger partial charge in [0.2, 0.25) is 5.91 Å². The number of amides is 1. The summed E-state index contributed by atoms with van der Waals surface area (Å²) in [6, 6.07) is 3.25. The standard InChI is InChI=1S/C18H19Cl2N3O2/c19-14-7-12(24)8-15(20)13(14)9-22-10-21-16-4-3-11(6-17(16)22)23-5-1-2-18(23)25/h7-8,10-11,24H,1-6,9H2. The molecule has 1 N–H and O–H groups in total. The second-order valence-corrected chi connectivity index (χ2v) is 7.56. The van der Waals surface area contributed by atoms with Crippen molar-refractivity contribution in [3.63, 3.8) is 0 Å². The minimum Gasteiger partial charge on any atom is -0.508 e.